The summed E-state index contributed by atoms with van der Waals surface area (Å²) in [6.07, 6.45) is 4.25. The molecule has 14 heavy (non-hydrogen) atoms. The summed E-state index contributed by atoms with van der Waals surface area (Å²) in [5, 5.41) is 0. The van der Waals surface area contributed by atoms with Crippen LogP contribution in [0.15, 0.2) is 31.1 Å². The average molecular weight is 192 g/mol. The summed E-state index contributed by atoms with van der Waals surface area (Å²) in [5.74, 6) is -0.0523. The second kappa shape index (κ2) is 4.41. The van der Waals surface area contributed by atoms with E-state index in [0.717, 1.165) is 11.8 Å². The Kier molecular flexibility index (Phi) is 3.23. The fraction of sp³-hybridized carbons (Fsp3) is 0.200. The van der Waals surface area contributed by atoms with Gasteiger partial charge in [-0.15, -0.1) is 0 Å². The highest BCUT2D eigenvalue weighted by Crippen LogP contribution is 2.24. The van der Waals surface area contributed by atoms with Crippen LogP contribution in [0.1, 0.15) is 0 Å². The van der Waals surface area contributed by atoms with E-state index >= 15 is 0 Å². The van der Waals surface area contributed by atoms with Gasteiger partial charge in [-0.3, -0.25) is 4.98 Å². The lowest BCUT2D eigenvalue weighted by Gasteiger charge is -2.15. The maximum atomic E-state index is 11.0. The summed E-state index contributed by atoms with van der Waals surface area (Å²) in [5.41, 5.74) is 0.801. The van der Waals surface area contributed by atoms with Gasteiger partial charge >= 0.3 is 5.97 Å². The minimum Gasteiger partial charge on any atom is -0.419 e. The number of carbonyl (C=O) groups excluding carboxylic acids is 1. The van der Waals surface area contributed by atoms with Crippen LogP contribution in [0.5, 0.6) is 5.75 Å². The number of pyridine rings is 1. The van der Waals surface area contributed by atoms with E-state index in [4.69, 9.17) is 4.74 Å². The molecule has 4 nitrogen and oxygen atoms in total. The third-order valence-electron chi connectivity index (χ3n) is 1.62. The van der Waals surface area contributed by atoms with Crippen LogP contribution in [0.3, 0.4) is 0 Å². The maximum Gasteiger partial charge on any atom is 0.335 e. The standard InChI is InChI=1S/C10H12N2O2/c1-4-10(13)14-9-7-11-6-5-8(9)12(2)3/h4-7H,1H2,2-3H3. The van der Waals surface area contributed by atoms with Crippen molar-refractivity contribution in [2.75, 3.05) is 19.0 Å². The molecule has 0 bridgehead atoms. The Hall–Kier alpha value is -1.84. The van der Waals surface area contributed by atoms with Crippen molar-refractivity contribution in [3.8, 4) is 5.75 Å². The molecule has 0 unspecified atom stereocenters. The molecule has 0 amide bonds. The van der Waals surface area contributed by atoms with Crippen molar-refractivity contribution < 1.29 is 9.53 Å². The van der Waals surface area contributed by atoms with Gasteiger partial charge in [0.15, 0.2) is 5.75 Å². The molecule has 0 aliphatic rings. The summed E-state index contributed by atoms with van der Waals surface area (Å²) in [6.45, 7) is 3.32. The summed E-state index contributed by atoms with van der Waals surface area (Å²) in [4.78, 5) is 16.7. The molecule has 0 saturated heterocycles. The van der Waals surface area contributed by atoms with E-state index < -0.39 is 5.97 Å². The van der Waals surface area contributed by atoms with E-state index in [1.165, 1.54) is 6.20 Å². The molecule has 0 spiro atoms. The van der Waals surface area contributed by atoms with Crippen LogP contribution in [0.25, 0.3) is 0 Å². The molecule has 0 aliphatic carbocycles. The number of hydrogen-bond donors (Lipinski definition) is 0. The fourth-order valence-corrected chi connectivity index (χ4v) is 0.971. The van der Waals surface area contributed by atoms with Crippen molar-refractivity contribution in [3.05, 3.63) is 31.1 Å². The second-order valence-electron chi connectivity index (χ2n) is 2.86. The third kappa shape index (κ3) is 2.32. The van der Waals surface area contributed by atoms with Crippen molar-refractivity contribution in [3.63, 3.8) is 0 Å². The highest BCUT2D eigenvalue weighted by atomic mass is 16.5. The molecule has 1 aromatic heterocycles. The SMILES string of the molecule is C=CC(=O)Oc1cnccc1N(C)C. The first-order valence-electron chi connectivity index (χ1n) is 4.10. The van der Waals surface area contributed by atoms with E-state index in [0.29, 0.717) is 5.75 Å². The van der Waals surface area contributed by atoms with Gasteiger partial charge in [-0.1, -0.05) is 6.58 Å². The van der Waals surface area contributed by atoms with E-state index in [9.17, 15) is 4.79 Å². The van der Waals surface area contributed by atoms with E-state index in [1.54, 1.807) is 12.3 Å². The minimum atomic E-state index is -0.485. The highest BCUT2D eigenvalue weighted by molar-refractivity contribution is 5.84. The summed E-state index contributed by atoms with van der Waals surface area (Å²) in [6, 6.07) is 1.77. The summed E-state index contributed by atoms with van der Waals surface area (Å²) >= 11 is 0. The van der Waals surface area contributed by atoms with Crippen molar-refractivity contribution in [2.45, 2.75) is 0 Å². The largest absolute Gasteiger partial charge is 0.419 e. The van der Waals surface area contributed by atoms with Crippen LogP contribution in [-0.2, 0) is 4.79 Å². The van der Waals surface area contributed by atoms with Crippen molar-refractivity contribution in [1.82, 2.24) is 4.98 Å². The number of aromatic nitrogens is 1. The molecule has 1 rings (SSSR count). The van der Waals surface area contributed by atoms with Gasteiger partial charge in [0, 0.05) is 26.4 Å². The second-order valence-corrected chi connectivity index (χ2v) is 2.86. The summed E-state index contributed by atoms with van der Waals surface area (Å²) in [7, 11) is 3.72. The molecule has 4 heteroatoms. The van der Waals surface area contributed by atoms with Gasteiger partial charge < -0.3 is 9.64 Å². The number of anilines is 1. The lowest BCUT2D eigenvalue weighted by Crippen LogP contribution is -2.12. The minimum absolute atomic E-state index is 0.433. The molecule has 1 heterocycles. The molecule has 0 N–H and O–H groups in total. The molecular weight excluding hydrogens is 180 g/mol. The van der Waals surface area contributed by atoms with Gasteiger partial charge in [-0.05, 0) is 6.07 Å². The topological polar surface area (TPSA) is 42.4 Å². The molecule has 0 aromatic carbocycles. The normalized spacial score (nSPS) is 9.29. The predicted octanol–water partition coefficient (Wildman–Crippen LogP) is 1.24. The molecule has 0 fully saturated rings. The Morgan fingerprint density at radius 1 is 1.64 bits per heavy atom. The molecular formula is C10H12N2O2. The first-order chi connectivity index (χ1) is 6.65. The zero-order valence-corrected chi connectivity index (χ0v) is 8.23. The molecule has 0 aliphatic heterocycles. The number of esters is 1. The molecule has 0 radical (unpaired) electrons. The van der Waals surface area contributed by atoms with Gasteiger partial charge in [-0.2, -0.15) is 0 Å². The lowest BCUT2D eigenvalue weighted by molar-refractivity contribution is -0.128. The van der Waals surface area contributed by atoms with Crippen molar-refractivity contribution >= 4 is 11.7 Å². The van der Waals surface area contributed by atoms with Gasteiger partial charge in [0.2, 0.25) is 0 Å². The van der Waals surface area contributed by atoms with E-state index in [2.05, 4.69) is 11.6 Å². The Labute approximate surface area is 82.8 Å². The van der Waals surface area contributed by atoms with Crippen molar-refractivity contribution in [2.24, 2.45) is 0 Å². The Morgan fingerprint density at radius 2 is 2.36 bits per heavy atom. The van der Waals surface area contributed by atoms with Crippen LogP contribution >= 0.6 is 0 Å². The predicted molar refractivity (Wildman–Crippen MR) is 54.4 cm³/mol. The number of carbonyl (C=O) groups is 1. The number of hydrogen-bond acceptors (Lipinski definition) is 4. The van der Waals surface area contributed by atoms with Gasteiger partial charge in [0.05, 0.1) is 11.9 Å². The van der Waals surface area contributed by atoms with Crippen molar-refractivity contribution in [1.29, 1.82) is 0 Å². The first-order valence-corrected chi connectivity index (χ1v) is 4.10. The molecule has 0 saturated carbocycles. The van der Waals surface area contributed by atoms with Gasteiger partial charge in [0.1, 0.15) is 0 Å². The Morgan fingerprint density at radius 3 is 2.93 bits per heavy atom. The van der Waals surface area contributed by atoms with Gasteiger partial charge in [-0.25, -0.2) is 4.79 Å². The zero-order chi connectivity index (χ0) is 10.6. The number of ether oxygens (including phenoxy) is 1. The third-order valence-corrected chi connectivity index (χ3v) is 1.62. The lowest BCUT2D eigenvalue weighted by atomic mass is 10.3. The molecule has 0 atom stereocenters. The fourth-order valence-electron chi connectivity index (χ4n) is 0.971. The zero-order valence-electron chi connectivity index (χ0n) is 8.23. The van der Waals surface area contributed by atoms with Crippen LogP contribution < -0.4 is 9.64 Å². The van der Waals surface area contributed by atoms with Gasteiger partial charge in [0.25, 0.3) is 0 Å². The van der Waals surface area contributed by atoms with E-state index in [-0.39, 0.29) is 0 Å². The Balaban J connectivity index is 2.95. The van der Waals surface area contributed by atoms with E-state index in [1.807, 2.05) is 19.0 Å². The Bertz CT molecular complexity index is 348. The monoisotopic (exact) mass is 192 g/mol. The number of rotatable bonds is 3. The smallest absolute Gasteiger partial charge is 0.335 e. The van der Waals surface area contributed by atoms with Crippen LogP contribution in [0.4, 0.5) is 5.69 Å². The average Bonchev–Trinajstić information content (AvgIpc) is 2.18. The molecule has 74 valence electrons. The molecule has 1 aromatic rings. The number of nitrogens with zero attached hydrogens (tertiary/aromatic N) is 2. The van der Waals surface area contributed by atoms with Crippen LogP contribution in [0.2, 0.25) is 0 Å². The summed E-state index contributed by atoms with van der Waals surface area (Å²) < 4.78 is 4.99. The van der Waals surface area contributed by atoms with Crippen LogP contribution in [-0.4, -0.2) is 25.0 Å². The first kappa shape index (κ1) is 10.2. The highest BCUT2D eigenvalue weighted by Gasteiger charge is 2.07. The maximum absolute atomic E-state index is 11.0. The van der Waals surface area contributed by atoms with Crippen LogP contribution in [0, 0.1) is 0 Å². The quantitative estimate of drug-likeness (QED) is 0.533.